The first-order valence-corrected chi connectivity index (χ1v) is 11.2. The Morgan fingerprint density at radius 1 is 1.14 bits per heavy atom. The van der Waals surface area contributed by atoms with Crippen LogP contribution in [0.5, 0.6) is 0 Å². The van der Waals surface area contributed by atoms with E-state index in [9.17, 15) is 13.5 Å². The summed E-state index contributed by atoms with van der Waals surface area (Å²) in [6.45, 7) is 3.98. The van der Waals surface area contributed by atoms with Gasteiger partial charge in [0.1, 0.15) is 4.90 Å². The Morgan fingerprint density at radius 2 is 1.83 bits per heavy atom. The Bertz CT molecular complexity index is 1160. The fourth-order valence-corrected chi connectivity index (χ4v) is 5.86. The zero-order valence-corrected chi connectivity index (χ0v) is 17.8. The van der Waals surface area contributed by atoms with E-state index in [-0.39, 0.29) is 11.4 Å². The second-order valence-electron chi connectivity index (χ2n) is 7.21. The Labute approximate surface area is 175 Å². The molecule has 1 atom stereocenters. The number of para-hydroxylation sites is 1. The number of fused-ring (bicyclic) bond motifs is 1. The van der Waals surface area contributed by atoms with Crippen molar-refractivity contribution in [3.05, 3.63) is 76.1 Å². The summed E-state index contributed by atoms with van der Waals surface area (Å²) >= 11 is 5.90. The minimum Gasteiger partial charge on any atom is -0.386 e. The van der Waals surface area contributed by atoms with Crippen molar-refractivity contribution in [2.45, 2.75) is 37.8 Å². The molecule has 0 fully saturated rings. The van der Waals surface area contributed by atoms with Gasteiger partial charge in [-0.05, 0) is 49.6 Å². The number of aliphatic hydroxyl groups is 1. The fourth-order valence-electron chi connectivity index (χ4n) is 3.85. The van der Waals surface area contributed by atoms with Gasteiger partial charge in [-0.2, -0.15) is 5.10 Å². The van der Waals surface area contributed by atoms with Crippen molar-refractivity contribution < 1.29 is 13.5 Å². The van der Waals surface area contributed by atoms with E-state index in [1.165, 1.54) is 4.31 Å². The van der Waals surface area contributed by atoms with Crippen LogP contribution in [0.15, 0.2) is 53.4 Å². The van der Waals surface area contributed by atoms with Crippen LogP contribution in [0, 0.1) is 13.8 Å². The van der Waals surface area contributed by atoms with E-state index >= 15 is 0 Å². The van der Waals surface area contributed by atoms with Crippen molar-refractivity contribution in [1.29, 1.82) is 0 Å². The van der Waals surface area contributed by atoms with Crippen LogP contribution in [0.1, 0.15) is 28.6 Å². The summed E-state index contributed by atoms with van der Waals surface area (Å²) in [7, 11) is -3.75. The summed E-state index contributed by atoms with van der Waals surface area (Å²) in [5, 5.41) is 15.6. The highest BCUT2D eigenvalue weighted by Crippen LogP contribution is 2.34. The van der Waals surface area contributed by atoms with E-state index in [1.54, 1.807) is 42.8 Å². The monoisotopic (exact) mass is 431 g/mol. The molecule has 0 saturated carbocycles. The van der Waals surface area contributed by atoms with E-state index < -0.39 is 16.1 Å². The number of aliphatic hydroxyl groups excluding tert-OH is 1. The maximum Gasteiger partial charge on any atom is 0.268 e. The van der Waals surface area contributed by atoms with Crippen LogP contribution in [0.25, 0.3) is 0 Å². The van der Waals surface area contributed by atoms with E-state index in [0.717, 1.165) is 11.3 Å². The van der Waals surface area contributed by atoms with Gasteiger partial charge in [0, 0.05) is 11.6 Å². The molecule has 1 aliphatic heterocycles. The van der Waals surface area contributed by atoms with Crippen LogP contribution in [0.4, 0.5) is 5.69 Å². The lowest BCUT2D eigenvalue weighted by Gasteiger charge is -2.20. The van der Waals surface area contributed by atoms with Crippen molar-refractivity contribution in [1.82, 2.24) is 9.78 Å². The number of hydrogen-bond donors (Lipinski definition) is 1. The molecule has 0 spiro atoms. The van der Waals surface area contributed by atoms with Gasteiger partial charge in [0.2, 0.25) is 0 Å². The van der Waals surface area contributed by atoms with Gasteiger partial charge in [-0.15, -0.1) is 0 Å². The highest BCUT2D eigenvalue weighted by atomic mass is 35.5. The third kappa shape index (κ3) is 3.54. The van der Waals surface area contributed by atoms with Gasteiger partial charge in [-0.3, -0.25) is 8.99 Å². The van der Waals surface area contributed by atoms with Gasteiger partial charge < -0.3 is 5.11 Å². The van der Waals surface area contributed by atoms with Gasteiger partial charge in [0.15, 0.2) is 0 Å². The largest absolute Gasteiger partial charge is 0.386 e. The number of aryl methyl sites for hydroxylation is 1. The Hall–Kier alpha value is -2.35. The van der Waals surface area contributed by atoms with Gasteiger partial charge in [-0.25, -0.2) is 8.42 Å². The summed E-state index contributed by atoms with van der Waals surface area (Å²) < 4.78 is 29.9. The standard InChI is InChI=1S/C21H22ClN3O3S/c1-14-21(29(27,28)25-12-11-16-5-3-4-6-19(16)25)15(2)24(23-14)13-20(26)17-7-9-18(22)10-8-17/h3-10,20,26H,11-13H2,1-2H3/t20-/m0/s1. The van der Waals surface area contributed by atoms with Crippen molar-refractivity contribution in [3.63, 3.8) is 0 Å². The number of sulfonamides is 1. The molecule has 0 aliphatic carbocycles. The number of anilines is 1. The lowest BCUT2D eigenvalue weighted by Crippen LogP contribution is -2.30. The maximum atomic E-state index is 13.4. The average molecular weight is 432 g/mol. The zero-order valence-electron chi connectivity index (χ0n) is 16.2. The molecule has 0 saturated heterocycles. The molecule has 2 heterocycles. The number of aromatic nitrogens is 2. The number of rotatable bonds is 5. The van der Waals surface area contributed by atoms with Crippen LogP contribution in [-0.2, 0) is 23.0 Å². The number of halogens is 1. The van der Waals surface area contributed by atoms with E-state index in [0.29, 0.717) is 34.9 Å². The van der Waals surface area contributed by atoms with Crippen molar-refractivity contribution in [2.75, 3.05) is 10.8 Å². The molecule has 4 rings (SSSR count). The van der Waals surface area contributed by atoms with Crippen LogP contribution < -0.4 is 4.31 Å². The molecule has 8 heteroatoms. The summed E-state index contributed by atoms with van der Waals surface area (Å²) in [6, 6.07) is 14.5. The molecule has 1 aromatic heterocycles. The zero-order chi connectivity index (χ0) is 20.8. The lowest BCUT2D eigenvalue weighted by atomic mass is 10.1. The highest BCUT2D eigenvalue weighted by molar-refractivity contribution is 7.93. The van der Waals surface area contributed by atoms with Gasteiger partial charge >= 0.3 is 0 Å². The van der Waals surface area contributed by atoms with Crippen LogP contribution in [-0.4, -0.2) is 29.8 Å². The summed E-state index contributed by atoms with van der Waals surface area (Å²) in [6.07, 6.45) is -0.134. The van der Waals surface area contributed by atoms with Crippen LogP contribution >= 0.6 is 11.6 Å². The van der Waals surface area contributed by atoms with Crippen LogP contribution in [0.3, 0.4) is 0 Å². The van der Waals surface area contributed by atoms with Gasteiger partial charge in [0.25, 0.3) is 10.0 Å². The third-order valence-electron chi connectivity index (χ3n) is 5.31. The van der Waals surface area contributed by atoms with Crippen molar-refractivity contribution in [3.8, 4) is 0 Å². The molecule has 3 aromatic rings. The van der Waals surface area contributed by atoms with Crippen LogP contribution in [0.2, 0.25) is 5.02 Å². The van der Waals surface area contributed by atoms with Gasteiger partial charge in [0.05, 0.1) is 29.7 Å². The summed E-state index contributed by atoms with van der Waals surface area (Å²) in [4.78, 5) is 0.206. The summed E-state index contributed by atoms with van der Waals surface area (Å²) in [5.41, 5.74) is 3.38. The fraction of sp³-hybridized carbons (Fsp3) is 0.286. The first kappa shape index (κ1) is 19.9. The minimum atomic E-state index is -3.75. The predicted molar refractivity (Wildman–Crippen MR) is 113 cm³/mol. The van der Waals surface area contributed by atoms with Crippen molar-refractivity contribution >= 4 is 27.3 Å². The lowest BCUT2D eigenvalue weighted by molar-refractivity contribution is 0.150. The SMILES string of the molecule is Cc1nn(C[C@H](O)c2ccc(Cl)cc2)c(C)c1S(=O)(=O)N1CCc2ccccc21. The van der Waals surface area contributed by atoms with E-state index in [1.807, 2.05) is 24.3 Å². The Morgan fingerprint density at radius 3 is 2.55 bits per heavy atom. The first-order valence-electron chi connectivity index (χ1n) is 9.37. The van der Waals surface area contributed by atoms with Crippen molar-refractivity contribution in [2.24, 2.45) is 0 Å². The molecule has 0 amide bonds. The topological polar surface area (TPSA) is 75.4 Å². The normalized spacial score (nSPS) is 14.8. The molecule has 152 valence electrons. The number of benzene rings is 2. The summed E-state index contributed by atoms with van der Waals surface area (Å²) in [5.74, 6) is 0. The molecular weight excluding hydrogens is 410 g/mol. The quantitative estimate of drug-likeness (QED) is 0.669. The van der Waals surface area contributed by atoms with E-state index in [2.05, 4.69) is 5.10 Å². The predicted octanol–water partition coefficient (Wildman–Crippen LogP) is 3.64. The molecule has 6 nitrogen and oxygen atoms in total. The molecule has 0 unspecified atom stereocenters. The number of nitrogens with zero attached hydrogens (tertiary/aromatic N) is 3. The third-order valence-corrected chi connectivity index (χ3v) is 7.63. The Balaban J connectivity index is 1.66. The highest BCUT2D eigenvalue weighted by Gasteiger charge is 2.35. The molecule has 0 radical (unpaired) electrons. The van der Waals surface area contributed by atoms with Gasteiger partial charge in [-0.1, -0.05) is 41.9 Å². The Kier molecular flexibility index (Phi) is 5.14. The molecule has 1 aliphatic rings. The average Bonchev–Trinajstić information content (AvgIpc) is 3.24. The molecule has 29 heavy (non-hydrogen) atoms. The molecular formula is C21H22ClN3O3S. The second kappa shape index (κ2) is 7.48. The first-order chi connectivity index (χ1) is 13.8. The second-order valence-corrected chi connectivity index (χ2v) is 9.44. The molecule has 2 aromatic carbocycles. The van der Waals surface area contributed by atoms with E-state index in [4.69, 9.17) is 11.6 Å². The molecule has 1 N–H and O–H groups in total. The molecule has 0 bridgehead atoms. The smallest absolute Gasteiger partial charge is 0.268 e. The minimum absolute atomic E-state index is 0.153. The number of hydrogen-bond acceptors (Lipinski definition) is 4. The maximum absolute atomic E-state index is 13.4.